The molecule has 4 heterocycles. The highest BCUT2D eigenvalue weighted by Gasteiger charge is 2.58. The molecule has 3 saturated heterocycles. The molecule has 15 heteroatoms. The molecule has 0 aliphatic carbocycles. The van der Waals surface area contributed by atoms with Gasteiger partial charge < -0.3 is 44.3 Å². The third-order valence-corrected chi connectivity index (χ3v) is 12.3. The first-order valence-electron chi connectivity index (χ1n) is 20.6. The van der Waals surface area contributed by atoms with Crippen LogP contribution in [0.25, 0.3) is 17.0 Å². The lowest BCUT2D eigenvalue weighted by Crippen LogP contribution is -2.61. The average Bonchev–Trinajstić information content (AvgIpc) is 3.51. The first-order valence-corrected chi connectivity index (χ1v) is 20.6. The number of aliphatic hydroxyl groups excluding tert-OH is 1. The summed E-state index contributed by atoms with van der Waals surface area (Å²) in [4.78, 5) is 62.8. The number of aliphatic hydroxyl groups is 1. The van der Waals surface area contributed by atoms with Gasteiger partial charge in [0.05, 0.1) is 54.5 Å². The number of esters is 1. The van der Waals surface area contributed by atoms with Gasteiger partial charge in [0.1, 0.15) is 23.9 Å². The number of carbonyl (C=O) groups excluding carboxylic acids is 4. The molecule has 1 aromatic heterocycles. The molecule has 5 rings (SSSR count). The lowest BCUT2D eigenvalue weighted by Gasteiger charge is -2.47. The number of aromatic nitrogens is 1. The fraction of sp³-hybridized carbons (Fsp3) is 0.636. The van der Waals surface area contributed by atoms with Crippen LogP contribution in [0.15, 0.2) is 42.6 Å². The van der Waals surface area contributed by atoms with Crippen LogP contribution in [0.2, 0.25) is 0 Å². The summed E-state index contributed by atoms with van der Waals surface area (Å²) in [5, 5.41) is 27.8. The fourth-order valence-corrected chi connectivity index (χ4v) is 9.03. The molecule has 2 aromatic rings. The van der Waals surface area contributed by atoms with E-state index < -0.39 is 83.4 Å². The summed E-state index contributed by atoms with van der Waals surface area (Å²) in [6.45, 7) is 11.8. The van der Waals surface area contributed by atoms with Crippen LogP contribution in [-0.2, 0) is 38.1 Å². The Balaban J connectivity index is 1.60. The Morgan fingerprint density at radius 2 is 1.85 bits per heavy atom. The van der Waals surface area contributed by atoms with Gasteiger partial charge in [-0.05, 0) is 78.7 Å². The van der Waals surface area contributed by atoms with Gasteiger partial charge >= 0.3 is 12.1 Å². The number of hydrogen-bond acceptors (Lipinski definition) is 14. The number of ether oxygens (including phenoxy) is 5. The number of amides is 1. The van der Waals surface area contributed by atoms with Crippen LogP contribution < -0.4 is 10.6 Å². The molecule has 3 aliphatic heterocycles. The maximum atomic E-state index is 14.9. The first kappa shape index (κ1) is 45.8. The van der Waals surface area contributed by atoms with E-state index in [4.69, 9.17) is 23.7 Å². The second-order valence-electron chi connectivity index (χ2n) is 17.0. The van der Waals surface area contributed by atoms with Crippen molar-refractivity contribution in [2.75, 3.05) is 33.8 Å². The molecule has 0 radical (unpaired) electrons. The van der Waals surface area contributed by atoms with Crippen molar-refractivity contribution in [1.82, 2.24) is 20.5 Å². The lowest BCUT2D eigenvalue weighted by atomic mass is 9.73. The van der Waals surface area contributed by atoms with Crippen LogP contribution in [0, 0.1) is 35.0 Å². The summed E-state index contributed by atoms with van der Waals surface area (Å²) < 4.78 is 31.6. The largest absolute Gasteiger partial charge is 0.458 e. The van der Waals surface area contributed by atoms with Crippen molar-refractivity contribution in [1.29, 1.82) is 5.26 Å². The molecule has 13 atom stereocenters. The van der Waals surface area contributed by atoms with Crippen LogP contribution in [0.5, 0.6) is 0 Å². The predicted octanol–water partition coefficient (Wildman–Crippen LogP) is 4.20. The second-order valence-corrected chi connectivity index (χ2v) is 17.0. The SMILES string of the molecule is CC[C@H]1OC(=O)[C@H](C)C(=O)[C@H](C)[C@@H](O[C@@H]2O[C@H](C)C[C@H](N(C)C)[C@H]2O)[C@@](C)(OC/C=C/c2cnc3ccccc3c2)C[C@@H](C)C(=O)[C@H](CNCC#N)[C@H]2NC(=O)O[C@@]21C. The summed E-state index contributed by atoms with van der Waals surface area (Å²) in [6.07, 6.45) is 0.567. The predicted molar refractivity (Wildman–Crippen MR) is 219 cm³/mol. The highest BCUT2D eigenvalue weighted by Crippen LogP contribution is 2.40. The maximum absolute atomic E-state index is 14.9. The number of ketones is 2. The third-order valence-electron chi connectivity index (χ3n) is 12.3. The quantitative estimate of drug-likeness (QED) is 0.126. The van der Waals surface area contributed by atoms with Gasteiger partial charge in [-0.25, -0.2) is 4.79 Å². The number of likely N-dealkylation sites (N-methyl/N-ethyl adjacent to an activating group) is 1. The van der Waals surface area contributed by atoms with Gasteiger partial charge in [0.25, 0.3) is 0 Å². The summed E-state index contributed by atoms with van der Waals surface area (Å²) >= 11 is 0. The zero-order valence-corrected chi connectivity index (χ0v) is 35.7. The number of nitrogens with one attached hydrogen (secondary N) is 2. The van der Waals surface area contributed by atoms with Gasteiger partial charge in [-0.2, -0.15) is 5.26 Å². The average molecular weight is 820 g/mol. The van der Waals surface area contributed by atoms with E-state index >= 15 is 0 Å². The number of hydrogen-bond donors (Lipinski definition) is 3. The molecule has 322 valence electrons. The highest BCUT2D eigenvalue weighted by atomic mass is 16.7. The van der Waals surface area contributed by atoms with Crippen molar-refractivity contribution in [3.8, 4) is 6.07 Å². The molecule has 1 aromatic carbocycles. The number of benzene rings is 1. The molecular weight excluding hydrogens is 759 g/mol. The molecule has 1 amide bonds. The number of para-hydroxylation sites is 1. The minimum Gasteiger partial charge on any atom is -0.458 e. The van der Waals surface area contributed by atoms with Crippen molar-refractivity contribution < 1.29 is 48.0 Å². The molecule has 59 heavy (non-hydrogen) atoms. The number of nitrogens with zero attached hydrogens (tertiary/aromatic N) is 3. The van der Waals surface area contributed by atoms with Gasteiger partial charge in [-0.15, -0.1) is 0 Å². The lowest BCUT2D eigenvalue weighted by molar-refractivity contribution is -0.296. The Kier molecular flexibility index (Phi) is 15.0. The Bertz CT molecular complexity index is 1900. The second kappa shape index (κ2) is 19.4. The maximum Gasteiger partial charge on any atom is 0.408 e. The summed E-state index contributed by atoms with van der Waals surface area (Å²) in [5.41, 5.74) is -1.25. The zero-order valence-electron chi connectivity index (χ0n) is 35.7. The van der Waals surface area contributed by atoms with E-state index in [2.05, 4.69) is 15.6 Å². The molecule has 15 nitrogen and oxygen atoms in total. The van der Waals surface area contributed by atoms with Crippen molar-refractivity contribution >= 4 is 40.6 Å². The van der Waals surface area contributed by atoms with Crippen molar-refractivity contribution in [3.05, 3.63) is 48.2 Å². The Labute approximate surface area is 347 Å². The van der Waals surface area contributed by atoms with Crippen molar-refractivity contribution in [2.24, 2.45) is 23.7 Å². The monoisotopic (exact) mass is 819 g/mol. The Hall–Kier alpha value is -4.30. The van der Waals surface area contributed by atoms with E-state index in [0.717, 1.165) is 16.5 Å². The summed E-state index contributed by atoms with van der Waals surface area (Å²) in [7, 11) is 3.71. The molecule has 3 fully saturated rings. The molecule has 0 spiro atoms. The van der Waals surface area contributed by atoms with E-state index in [-0.39, 0.29) is 50.5 Å². The van der Waals surface area contributed by atoms with E-state index in [1.54, 1.807) is 40.8 Å². The number of alkyl carbamates (subject to hydrolysis) is 1. The Morgan fingerprint density at radius 1 is 1.12 bits per heavy atom. The van der Waals surface area contributed by atoms with Crippen LogP contribution in [0.3, 0.4) is 0 Å². The number of nitriles is 1. The zero-order chi connectivity index (χ0) is 43.2. The van der Waals surface area contributed by atoms with Crippen LogP contribution in [0.4, 0.5) is 4.79 Å². The molecule has 0 unspecified atom stereocenters. The van der Waals surface area contributed by atoms with Gasteiger partial charge in [0.15, 0.2) is 17.7 Å². The third kappa shape index (κ3) is 10.2. The molecule has 0 bridgehead atoms. The van der Waals surface area contributed by atoms with E-state index in [9.17, 15) is 29.5 Å². The number of carbonyl (C=O) groups is 4. The van der Waals surface area contributed by atoms with Crippen molar-refractivity contribution in [3.63, 3.8) is 0 Å². The van der Waals surface area contributed by atoms with Gasteiger partial charge in [0.2, 0.25) is 0 Å². The minimum absolute atomic E-state index is 0.00223. The van der Waals surface area contributed by atoms with E-state index in [0.29, 0.717) is 6.42 Å². The number of cyclic esters (lactones) is 1. The molecule has 3 aliphatic rings. The fourth-order valence-electron chi connectivity index (χ4n) is 9.03. The minimum atomic E-state index is -1.50. The van der Waals surface area contributed by atoms with Crippen LogP contribution in [-0.4, -0.2) is 126 Å². The molecular formula is C44H61N5O10. The number of pyridine rings is 1. The number of Topliss-reactive ketones (excluding diaryl/α,β-unsaturated/α-hetero) is 2. The Morgan fingerprint density at radius 3 is 2.54 bits per heavy atom. The number of rotatable bonds is 11. The van der Waals surface area contributed by atoms with E-state index in [1.807, 2.05) is 74.5 Å². The standard InChI is InChI=1S/C44H61N5O10/c1-10-34-44(7)38(48-42(54)59-44)31(24-46-18-17-45)35(50)25(2)22-43(6,55-19-13-14-29-21-30-15-11-12-16-32(30)47-23-29)39(27(4)36(51)28(5)40(53)57-34)58-41-37(52)33(49(8)9)20-26(3)56-41/h11-16,21,23,25-28,31,33-34,37-39,41,46,52H,10,18-20,22,24H2,1-9H3,(H,48,54)/b14-13+/t25-,26-,27+,28-,31+,33+,34-,37-,38-,39-,41+,43+,44-/m1/s1. The van der Waals surface area contributed by atoms with Crippen molar-refractivity contribution in [2.45, 2.75) is 122 Å². The normalized spacial score (nSPS) is 36.1. The van der Waals surface area contributed by atoms with Gasteiger partial charge in [-0.1, -0.05) is 51.1 Å². The van der Waals surface area contributed by atoms with E-state index in [1.165, 1.54) is 6.92 Å². The smallest absolute Gasteiger partial charge is 0.408 e. The highest BCUT2D eigenvalue weighted by molar-refractivity contribution is 6.00. The first-order chi connectivity index (χ1) is 27.9. The van der Waals surface area contributed by atoms with Gasteiger partial charge in [0, 0.05) is 36.0 Å². The molecule has 0 saturated carbocycles. The van der Waals surface area contributed by atoms with Crippen LogP contribution >= 0.6 is 0 Å². The topological polar surface area (TPSA) is 199 Å². The summed E-state index contributed by atoms with van der Waals surface area (Å²) in [5.74, 6) is -5.71. The van der Waals surface area contributed by atoms with Crippen LogP contribution in [0.1, 0.15) is 73.3 Å². The summed E-state index contributed by atoms with van der Waals surface area (Å²) in [6, 6.07) is 10.5. The molecule has 3 N–H and O–H groups in total. The number of fused-ring (bicyclic) bond motifs is 2. The van der Waals surface area contributed by atoms with Gasteiger partial charge in [-0.3, -0.25) is 19.4 Å².